The lowest BCUT2D eigenvalue weighted by molar-refractivity contribution is -0.132. The topological polar surface area (TPSA) is 26.3 Å². The maximum atomic E-state index is 10.5. The molecule has 0 unspecified atom stereocenters. The lowest BCUT2D eigenvalue weighted by atomic mass is 10.4. The molecule has 0 atom stereocenters. The summed E-state index contributed by atoms with van der Waals surface area (Å²) in [7, 11) is 0. The Morgan fingerprint density at radius 3 is 2.83 bits per heavy atom. The van der Waals surface area contributed by atoms with E-state index >= 15 is 0 Å². The minimum absolute atomic E-state index is 0.357. The predicted octanol–water partition coefficient (Wildman–Crippen LogP) is 1.01. The molecule has 0 N–H and O–H groups in total. The monoisotopic (exact) mass is 158 g/mol. The molecular formula is C10H6O2. The standard InChI is InChI=1S/C10H6O2/c1-2-3-4-5-6-9-7-8-10(11)12-9/h6-8H,1H3/b9-6+. The quantitative estimate of drug-likeness (QED) is 0.388. The second-order valence-electron chi connectivity index (χ2n) is 1.95. The van der Waals surface area contributed by atoms with E-state index in [1.807, 2.05) is 0 Å². The summed E-state index contributed by atoms with van der Waals surface area (Å²) in [5.74, 6) is 10.5. The number of ether oxygens (including phenoxy) is 1. The Labute approximate surface area is 70.9 Å². The SMILES string of the molecule is CC#CC#C/C=C1\C=CC(=O)O1. The summed E-state index contributed by atoms with van der Waals surface area (Å²) in [5.41, 5.74) is 0. The van der Waals surface area contributed by atoms with E-state index in [1.54, 1.807) is 13.0 Å². The van der Waals surface area contributed by atoms with Gasteiger partial charge in [0, 0.05) is 12.2 Å². The van der Waals surface area contributed by atoms with Gasteiger partial charge >= 0.3 is 5.97 Å². The minimum Gasteiger partial charge on any atom is -0.423 e. The molecule has 0 aromatic carbocycles. The van der Waals surface area contributed by atoms with E-state index in [9.17, 15) is 4.79 Å². The Kier molecular flexibility index (Phi) is 2.76. The van der Waals surface area contributed by atoms with Gasteiger partial charge in [-0.1, -0.05) is 11.8 Å². The van der Waals surface area contributed by atoms with Crippen LogP contribution in [0.2, 0.25) is 0 Å². The van der Waals surface area contributed by atoms with Crippen LogP contribution >= 0.6 is 0 Å². The van der Waals surface area contributed by atoms with Gasteiger partial charge in [0.05, 0.1) is 0 Å². The van der Waals surface area contributed by atoms with Crippen molar-refractivity contribution in [3.8, 4) is 23.7 Å². The van der Waals surface area contributed by atoms with Crippen molar-refractivity contribution in [2.45, 2.75) is 6.92 Å². The van der Waals surface area contributed by atoms with Gasteiger partial charge in [0.2, 0.25) is 0 Å². The van der Waals surface area contributed by atoms with Gasteiger partial charge in [0.25, 0.3) is 0 Å². The van der Waals surface area contributed by atoms with Gasteiger partial charge in [0.1, 0.15) is 5.76 Å². The van der Waals surface area contributed by atoms with Crippen molar-refractivity contribution in [3.05, 3.63) is 24.0 Å². The van der Waals surface area contributed by atoms with Gasteiger partial charge in [-0.25, -0.2) is 4.79 Å². The number of cyclic esters (lactones) is 1. The molecule has 0 radical (unpaired) electrons. The molecule has 12 heavy (non-hydrogen) atoms. The van der Waals surface area contributed by atoms with Crippen LogP contribution < -0.4 is 0 Å². The summed E-state index contributed by atoms with van der Waals surface area (Å²) in [6.45, 7) is 1.71. The predicted molar refractivity (Wildman–Crippen MR) is 44.5 cm³/mol. The first-order valence-corrected chi connectivity index (χ1v) is 3.35. The van der Waals surface area contributed by atoms with Crippen LogP contribution in [0.3, 0.4) is 0 Å². The van der Waals surface area contributed by atoms with Crippen molar-refractivity contribution in [2.24, 2.45) is 0 Å². The molecule has 0 aliphatic carbocycles. The fourth-order valence-electron chi connectivity index (χ4n) is 0.618. The first-order valence-electron chi connectivity index (χ1n) is 3.35. The fourth-order valence-corrected chi connectivity index (χ4v) is 0.618. The Bertz CT molecular complexity index is 364. The van der Waals surface area contributed by atoms with Crippen LogP contribution in [0.25, 0.3) is 0 Å². The van der Waals surface area contributed by atoms with E-state index in [-0.39, 0.29) is 5.97 Å². The van der Waals surface area contributed by atoms with Gasteiger partial charge in [-0.3, -0.25) is 0 Å². The van der Waals surface area contributed by atoms with E-state index in [4.69, 9.17) is 4.74 Å². The second kappa shape index (κ2) is 4.05. The van der Waals surface area contributed by atoms with Crippen LogP contribution in [0.15, 0.2) is 24.0 Å². The lowest BCUT2D eigenvalue weighted by Crippen LogP contribution is -1.89. The molecule has 0 aromatic heterocycles. The molecule has 2 nitrogen and oxygen atoms in total. The number of carbonyl (C=O) groups excluding carboxylic acids is 1. The van der Waals surface area contributed by atoms with Gasteiger partial charge in [-0.05, 0) is 24.8 Å². The van der Waals surface area contributed by atoms with Crippen molar-refractivity contribution in [2.75, 3.05) is 0 Å². The normalized spacial score (nSPS) is 16.1. The van der Waals surface area contributed by atoms with Crippen LogP contribution in [0.1, 0.15) is 6.92 Å². The molecule has 1 aliphatic rings. The molecule has 0 saturated heterocycles. The Hall–Kier alpha value is -1.93. The molecule has 0 fully saturated rings. The van der Waals surface area contributed by atoms with Crippen molar-refractivity contribution < 1.29 is 9.53 Å². The van der Waals surface area contributed by atoms with Crippen LogP contribution in [0, 0.1) is 23.7 Å². The van der Waals surface area contributed by atoms with E-state index < -0.39 is 0 Å². The molecule has 1 rings (SSSR count). The zero-order valence-corrected chi connectivity index (χ0v) is 6.55. The van der Waals surface area contributed by atoms with E-state index in [2.05, 4.69) is 23.7 Å². The number of hydrogen-bond donors (Lipinski definition) is 0. The highest BCUT2D eigenvalue weighted by atomic mass is 16.5. The van der Waals surface area contributed by atoms with Crippen LogP contribution in [0.5, 0.6) is 0 Å². The number of rotatable bonds is 0. The molecular weight excluding hydrogens is 152 g/mol. The highest BCUT2D eigenvalue weighted by Crippen LogP contribution is 2.07. The Morgan fingerprint density at radius 2 is 2.25 bits per heavy atom. The van der Waals surface area contributed by atoms with Crippen molar-refractivity contribution in [1.82, 2.24) is 0 Å². The number of allylic oxidation sites excluding steroid dienone is 2. The maximum absolute atomic E-state index is 10.5. The van der Waals surface area contributed by atoms with Gasteiger partial charge in [-0.2, -0.15) is 0 Å². The second-order valence-corrected chi connectivity index (χ2v) is 1.95. The molecule has 58 valence electrons. The summed E-state index contributed by atoms with van der Waals surface area (Å²) in [6, 6.07) is 0. The Morgan fingerprint density at radius 1 is 1.42 bits per heavy atom. The van der Waals surface area contributed by atoms with Crippen LogP contribution in [0.4, 0.5) is 0 Å². The molecule has 1 aliphatic heterocycles. The van der Waals surface area contributed by atoms with Crippen LogP contribution in [-0.2, 0) is 9.53 Å². The maximum Gasteiger partial charge on any atom is 0.336 e. The molecule has 2 heteroatoms. The average Bonchev–Trinajstić information content (AvgIpc) is 2.45. The van der Waals surface area contributed by atoms with Crippen LogP contribution in [-0.4, -0.2) is 5.97 Å². The Balaban J connectivity index is 2.60. The molecule has 1 heterocycles. The molecule has 0 amide bonds. The zero-order chi connectivity index (χ0) is 8.81. The molecule has 0 bridgehead atoms. The third-order valence-corrected chi connectivity index (χ3v) is 1.08. The van der Waals surface area contributed by atoms with Crippen molar-refractivity contribution in [3.63, 3.8) is 0 Å². The summed E-state index contributed by atoms with van der Waals surface area (Å²) in [5, 5.41) is 0. The first-order chi connectivity index (χ1) is 5.83. The third-order valence-electron chi connectivity index (χ3n) is 1.08. The van der Waals surface area contributed by atoms with Crippen molar-refractivity contribution >= 4 is 5.97 Å². The van der Waals surface area contributed by atoms with E-state index in [1.165, 1.54) is 12.2 Å². The van der Waals surface area contributed by atoms with E-state index in [0.29, 0.717) is 5.76 Å². The summed E-state index contributed by atoms with van der Waals surface area (Å²) in [6.07, 6.45) is 4.42. The molecule has 0 spiro atoms. The third kappa shape index (κ3) is 2.36. The highest BCUT2D eigenvalue weighted by molar-refractivity contribution is 5.86. The lowest BCUT2D eigenvalue weighted by Gasteiger charge is -1.88. The first kappa shape index (κ1) is 8.17. The summed E-state index contributed by atoms with van der Waals surface area (Å²) in [4.78, 5) is 10.5. The minimum atomic E-state index is -0.357. The number of hydrogen-bond acceptors (Lipinski definition) is 2. The van der Waals surface area contributed by atoms with Gasteiger partial charge < -0.3 is 4.74 Å². The fraction of sp³-hybridized carbons (Fsp3) is 0.100. The smallest absolute Gasteiger partial charge is 0.336 e. The zero-order valence-electron chi connectivity index (χ0n) is 6.55. The van der Waals surface area contributed by atoms with Crippen molar-refractivity contribution in [1.29, 1.82) is 0 Å². The molecule has 0 saturated carbocycles. The number of carbonyl (C=O) groups is 1. The average molecular weight is 158 g/mol. The number of esters is 1. The summed E-state index contributed by atoms with van der Waals surface area (Å²) >= 11 is 0. The van der Waals surface area contributed by atoms with E-state index in [0.717, 1.165) is 0 Å². The van der Waals surface area contributed by atoms with Gasteiger partial charge in [0.15, 0.2) is 0 Å². The largest absolute Gasteiger partial charge is 0.423 e. The van der Waals surface area contributed by atoms with Gasteiger partial charge in [-0.15, -0.1) is 0 Å². The summed E-state index contributed by atoms with van der Waals surface area (Å²) < 4.78 is 4.70. The molecule has 0 aromatic rings. The highest BCUT2D eigenvalue weighted by Gasteiger charge is 2.07.